The first-order chi connectivity index (χ1) is 24.6. The number of carboxylic acids is 1. The fourth-order valence-corrected chi connectivity index (χ4v) is 5.35. The number of hydrogen-bond acceptors (Lipinski definition) is 6. The van der Waals surface area contributed by atoms with Gasteiger partial charge in [0.15, 0.2) is 12.1 Å². The van der Waals surface area contributed by atoms with Crippen LogP contribution in [0.15, 0.2) is 60.8 Å². The van der Waals surface area contributed by atoms with Crippen molar-refractivity contribution in [1.29, 1.82) is 0 Å². The number of rotatable bonds is 34. The number of aliphatic carboxylic acids is 1. The van der Waals surface area contributed by atoms with Gasteiger partial charge in [0.2, 0.25) is 0 Å². The van der Waals surface area contributed by atoms with E-state index in [0.29, 0.717) is 19.3 Å². The minimum absolute atomic E-state index is 0.0509. The van der Waals surface area contributed by atoms with E-state index < -0.39 is 18.1 Å². The predicted octanol–water partition coefficient (Wildman–Crippen LogP) is 10.2. The molecule has 51 heavy (non-hydrogen) atoms. The molecule has 0 bridgehead atoms. The smallest absolute Gasteiger partial charge is 0.362 e. The van der Waals surface area contributed by atoms with Crippen LogP contribution in [0.2, 0.25) is 0 Å². The second-order valence-corrected chi connectivity index (χ2v) is 14.2. The highest BCUT2D eigenvalue weighted by molar-refractivity contribution is 5.72. The highest BCUT2D eigenvalue weighted by Gasteiger charge is 2.31. The fourth-order valence-electron chi connectivity index (χ4n) is 5.35. The lowest BCUT2D eigenvalue weighted by molar-refractivity contribution is -0.887. The van der Waals surface area contributed by atoms with Crippen LogP contribution in [0.3, 0.4) is 0 Å². The molecular formula is C43H74NO7+. The first kappa shape index (κ1) is 48.0. The van der Waals surface area contributed by atoms with Crippen LogP contribution in [0.5, 0.6) is 0 Å². The van der Waals surface area contributed by atoms with Crippen molar-refractivity contribution in [3.63, 3.8) is 0 Å². The van der Waals surface area contributed by atoms with Crippen LogP contribution < -0.4 is 0 Å². The van der Waals surface area contributed by atoms with Gasteiger partial charge in [0.05, 0.1) is 34.4 Å². The van der Waals surface area contributed by atoms with Crippen molar-refractivity contribution < 1.29 is 38.2 Å². The summed E-state index contributed by atoms with van der Waals surface area (Å²) < 4.78 is 17.1. The van der Waals surface area contributed by atoms with E-state index >= 15 is 0 Å². The summed E-state index contributed by atoms with van der Waals surface area (Å²) in [6, 6.07) is -0.617. The van der Waals surface area contributed by atoms with Crippen molar-refractivity contribution >= 4 is 17.9 Å². The molecule has 292 valence electrons. The molecule has 0 aliphatic rings. The summed E-state index contributed by atoms with van der Waals surface area (Å²) in [7, 11) is 5.50. The van der Waals surface area contributed by atoms with Gasteiger partial charge in [-0.2, -0.15) is 0 Å². The van der Waals surface area contributed by atoms with Gasteiger partial charge in [0, 0.05) is 19.3 Å². The van der Waals surface area contributed by atoms with Gasteiger partial charge < -0.3 is 23.8 Å². The summed E-state index contributed by atoms with van der Waals surface area (Å²) in [5.41, 5.74) is 0. The molecule has 0 aromatic carbocycles. The van der Waals surface area contributed by atoms with Crippen LogP contribution in [0.25, 0.3) is 0 Å². The summed E-state index contributed by atoms with van der Waals surface area (Å²) in [5, 5.41) is 9.57. The van der Waals surface area contributed by atoms with E-state index in [0.717, 1.165) is 83.5 Å². The Morgan fingerprint density at radius 3 is 1.63 bits per heavy atom. The number of unbranched alkanes of at least 4 members (excludes halogenated alkanes) is 10. The minimum atomic E-state index is -0.883. The number of carbonyl (C=O) groups excluding carboxylic acids is 2. The number of hydrogen-bond donors (Lipinski definition) is 1. The van der Waals surface area contributed by atoms with Gasteiger partial charge in [-0.3, -0.25) is 9.59 Å². The second-order valence-electron chi connectivity index (χ2n) is 14.2. The van der Waals surface area contributed by atoms with E-state index in [1.807, 2.05) is 21.1 Å². The maximum absolute atomic E-state index is 12.5. The summed E-state index contributed by atoms with van der Waals surface area (Å²) in [6.45, 7) is 4.53. The van der Waals surface area contributed by atoms with Gasteiger partial charge >= 0.3 is 17.9 Å². The van der Waals surface area contributed by atoms with E-state index in [4.69, 9.17) is 14.2 Å². The van der Waals surface area contributed by atoms with E-state index in [-0.39, 0.29) is 36.2 Å². The molecular weight excluding hydrogens is 642 g/mol. The highest BCUT2D eigenvalue weighted by atomic mass is 16.6. The molecule has 0 saturated carbocycles. The lowest BCUT2D eigenvalue weighted by Gasteiger charge is -2.31. The zero-order valence-electron chi connectivity index (χ0n) is 33.0. The Bertz CT molecular complexity index is 1020. The Kier molecular flexibility index (Phi) is 32.1. The first-order valence-corrected chi connectivity index (χ1v) is 19.8. The van der Waals surface area contributed by atoms with Crippen LogP contribution in [-0.4, -0.2) is 80.6 Å². The van der Waals surface area contributed by atoms with Gasteiger partial charge in [-0.25, -0.2) is 4.79 Å². The van der Waals surface area contributed by atoms with E-state index in [9.17, 15) is 19.5 Å². The molecule has 0 aromatic heterocycles. The predicted molar refractivity (Wildman–Crippen MR) is 211 cm³/mol. The number of carboxylic acid groups (broad SMARTS) is 1. The normalized spacial score (nSPS) is 13.7. The number of esters is 2. The monoisotopic (exact) mass is 717 g/mol. The molecule has 0 spiro atoms. The Morgan fingerprint density at radius 1 is 0.608 bits per heavy atom. The van der Waals surface area contributed by atoms with Crippen molar-refractivity contribution in [2.75, 3.05) is 41.0 Å². The lowest BCUT2D eigenvalue weighted by atomic mass is 10.1. The molecule has 0 aliphatic heterocycles. The average molecular weight is 717 g/mol. The summed E-state index contributed by atoms with van der Waals surface area (Å²) in [4.78, 5) is 36.7. The van der Waals surface area contributed by atoms with Crippen molar-refractivity contribution in [1.82, 2.24) is 0 Å². The maximum atomic E-state index is 12.5. The highest BCUT2D eigenvalue weighted by Crippen LogP contribution is 2.12. The number of ether oxygens (including phenoxy) is 3. The van der Waals surface area contributed by atoms with E-state index in [1.54, 1.807) is 0 Å². The zero-order chi connectivity index (χ0) is 37.8. The third-order valence-electron chi connectivity index (χ3n) is 8.43. The summed E-state index contributed by atoms with van der Waals surface area (Å²) in [6.07, 6.45) is 39.9. The van der Waals surface area contributed by atoms with Gasteiger partial charge in [0.25, 0.3) is 0 Å². The van der Waals surface area contributed by atoms with Gasteiger partial charge in [-0.1, -0.05) is 126 Å². The average Bonchev–Trinajstić information content (AvgIpc) is 3.08. The van der Waals surface area contributed by atoms with Crippen LogP contribution in [0.1, 0.15) is 142 Å². The summed E-state index contributed by atoms with van der Waals surface area (Å²) >= 11 is 0. The molecule has 0 saturated heterocycles. The number of carbonyl (C=O) groups is 3. The molecule has 8 nitrogen and oxygen atoms in total. The Morgan fingerprint density at radius 2 is 1.10 bits per heavy atom. The molecule has 0 aromatic rings. The zero-order valence-corrected chi connectivity index (χ0v) is 33.0. The quantitative estimate of drug-likeness (QED) is 0.0306. The molecule has 0 amide bonds. The minimum Gasteiger partial charge on any atom is -0.477 e. The van der Waals surface area contributed by atoms with Crippen LogP contribution >= 0.6 is 0 Å². The Hall–Kier alpha value is -2.97. The number of allylic oxidation sites excluding steroid dienone is 10. The van der Waals surface area contributed by atoms with Gasteiger partial charge in [-0.15, -0.1) is 0 Å². The van der Waals surface area contributed by atoms with Crippen molar-refractivity contribution in [2.45, 2.75) is 154 Å². The topological polar surface area (TPSA) is 99.1 Å². The Labute approximate surface area is 311 Å². The SMILES string of the molecule is CC/C=C/C/C=C/C/C=C/C/C=C/C/C=C/CCCCCCC(=O)OCC(COCCC(C(=O)O)[N+](C)(C)C)OC(=O)CCCCCCCCC. The largest absolute Gasteiger partial charge is 0.477 e. The Balaban J connectivity index is 4.33. The van der Waals surface area contributed by atoms with E-state index in [2.05, 4.69) is 74.6 Å². The number of nitrogens with zero attached hydrogens (tertiary/aromatic N) is 1. The molecule has 0 fully saturated rings. The third kappa shape index (κ3) is 32.7. The van der Waals surface area contributed by atoms with Gasteiger partial charge in [-0.05, 0) is 57.8 Å². The molecule has 0 heterocycles. The maximum Gasteiger partial charge on any atom is 0.362 e. The first-order valence-electron chi connectivity index (χ1n) is 19.8. The molecule has 0 rings (SSSR count). The van der Waals surface area contributed by atoms with Crippen LogP contribution in [0, 0.1) is 0 Å². The summed E-state index contributed by atoms with van der Waals surface area (Å²) in [5.74, 6) is -1.51. The molecule has 1 N–H and O–H groups in total. The second kappa shape index (κ2) is 34.1. The standard InChI is InChI=1S/C43H73NO7/c1-6-8-10-12-14-15-16-17-18-19-20-21-22-23-24-25-26-28-29-31-33-41(45)50-38-39(37-49-36-35-40(43(47)48)44(3,4)5)51-42(46)34-32-30-27-13-11-9-7-2/h8,10,14-15,17-18,20-21,23-24,39-40H,6-7,9,11-13,16,19,22,25-38H2,1-5H3/p+1/b10-8+,15-14+,18-17+,21-20+,24-23+. The molecule has 2 unspecified atom stereocenters. The van der Waals surface area contributed by atoms with Crippen LogP contribution in [-0.2, 0) is 28.6 Å². The molecule has 0 radical (unpaired) electrons. The number of likely N-dealkylation sites (N-methyl/N-ethyl adjacent to an activating group) is 1. The number of quaternary nitrogens is 1. The molecule has 0 aliphatic carbocycles. The van der Waals surface area contributed by atoms with Crippen molar-refractivity contribution in [3.8, 4) is 0 Å². The van der Waals surface area contributed by atoms with Crippen molar-refractivity contribution in [2.24, 2.45) is 0 Å². The molecule has 2 atom stereocenters. The van der Waals surface area contributed by atoms with E-state index in [1.165, 1.54) is 25.7 Å². The van der Waals surface area contributed by atoms with Crippen LogP contribution in [0.4, 0.5) is 0 Å². The lowest BCUT2D eigenvalue weighted by Crippen LogP contribution is -2.50. The molecule has 8 heteroatoms. The third-order valence-corrected chi connectivity index (χ3v) is 8.43. The van der Waals surface area contributed by atoms with Gasteiger partial charge in [0.1, 0.15) is 6.61 Å². The fraction of sp³-hybridized carbons (Fsp3) is 0.698. The van der Waals surface area contributed by atoms with Crippen molar-refractivity contribution in [3.05, 3.63) is 60.8 Å².